The Morgan fingerprint density at radius 2 is 2.08 bits per heavy atom. The summed E-state index contributed by atoms with van der Waals surface area (Å²) in [7, 11) is 1.84. The van der Waals surface area contributed by atoms with Crippen LogP contribution >= 0.6 is 11.3 Å². The number of aromatic nitrogens is 4. The molecule has 0 saturated heterocycles. The lowest BCUT2D eigenvalue weighted by molar-refractivity contribution is -0.137. The molecule has 1 aliphatic rings. The Morgan fingerprint density at radius 3 is 2.92 bits per heavy atom. The number of hydrogen-bond acceptors (Lipinski definition) is 7. The largest absolute Gasteiger partial charge is 0.481 e. The van der Waals surface area contributed by atoms with Crippen LogP contribution in [-0.2, 0) is 31.1 Å². The number of thiazole rings is 1. The summed E-state index contributed by atoms with van der Waals surface area (Å²) in [5.74, 6) is 0.593. The van der Waals surface area contributed by atoms with E-state index >= 15 is 0 Å². The lowest BCUT2D eigenvalue weighted by atomic mass is 9.98. The average molecular weight is 504 g/mol. The van der Waals surface area contributed by atoms with E-state index < -0.39 is 5.97 Å². The van der Waals surface area contributed by atoms with Gasteiger partial charge >= 0.3 is 5.97 Å². The molecule has 1 aromatic carbocycles. The van der Waals surface area contributed by atoms with E-state index in [2.05, 4.69) is 27.5 Å². The topological polar surface area (TPSA) is 102 Å². The van der Waals surface area contributed by atoms with Gasteiger partial charge in [0.15, 0.2) is 0 Å². The Labute approximate surface area is 214 Å². The average Bonchev–Trinajstić information content (AvgIpc) is 3.51. The molecule has 0 amide bonds. The SMILES string of the molecule is Cn1nc(CC(CC(=O)O)c2cnc(-c3ccccc3)s2)cc1OCCc1ccc2c(n1)NCCC2. The van der Waals surface area contributed by atoms with Gasteiger partial charge in [0.1, 0.15) is 10.8 Å². The predicted molar refractivity (Wildman–Crippen MR) is 140 cm³/mol. The molecule has 4 heterocycles. The van der Waals surface area contributed by atoms with Gasteiger partial charge in [0.05, 0.1) is 18.7 Å². The van der Waals surface area contributed by atoms with E-state index in [1.807, 2.05) is 43.4 Å². The minimum Gasteiger partial charge on any atom is -0.481 e. The minimum absolute atomic E-state index is 0.0151. The zero-order valence-corrected chi connectivity index (χ0v) is 21.0. The van der Waals surface area contributed by atoms with Crippen LogP contribution in [0.2, 0.25) is 0 Å². The van der Waals surface area contributed by atoms with Gasteiger partial charge in [-0.05, 0) is 30.9 Å². The van der Waals surface area contributed by atoms with E-state index in [9.17, 15) is 9.90 Å². The first kappa shape index (κ1) is 24.0. The minimum atomic E-state index is -0.839. The highest BCUT2D eigenvalue weighted by Crippen LogP contribution is 2.33. The molecule has 186 valence electrons. The third kappa shape index (κ3) is 5.73. The number of hydrogen-bond donors (Lipinski definition) is 2. The highest BCUT2D eigenvalue weighted by Gasteiger charge is 2.22. The molecule has 1 atom stereocenters. The second-order valence-corrected chi connectivity index (χ2v) is 10.0. The third-order valence-corrected chi connectivity index (χ3v) is 7.48. The summed E-state index contributed by atoms with van der Waals surface area (Å²) in [4.78, 5) is 21.8. The van der Waals surface area contributed by atoms with Crippen LogP contribution in [0.1, 0.15) is 40.6 Å². The van der Waals surface area contributed by atoms with Gasteiger partial charge in [0.2, 0.25) is 5.88 Å². The summed E-state index contributed by atoms with van der Waals surface area (Å²) in [6.45, 7) is 1.45. The Hall–Kier alpha value is -3.72. The normalized spacial score (nSPS) is 13.6. The van der Waals surface area contributed by atoms with Crippen molar-refractivity contribution < 1.29 is 14.6 Å². The molecule has 0 bridgehead atoms. The number of carboxylic acids is 1. The Kier molecular flexibility index (Phi) is 7.27. The Bertz CT molecular complexity index is 1330. The van der Waals surface area contributed by atoms with Crippen molar-refractivity contribution >= 4 is 23.1 Å². The van der Waals surface area contributed by atoms with Gasteiger partial charge in [-0.2, -0.15) is 5.10 Å². The van der Waals surface area contributed by atoms with Gasteiger partial charge in [-0.1, -0.05) is 36.4 Å². The molecule has 5 rings (SSSR count). The molecule has 2 N–H and O–H groups in total. The van der Waals surface area contributed by atoms with E-state index in [0.29, 0.717) is 25.3 Å². The zero-order valence-electron chi connectivity index (χ0n) is 20.2. The van der Waals surface area contributed by atoms with Crippen molar-refractivity contribution in [2.45, 2.75) is 38.0 Å². The maximum Gasteiger partial charge on any atom is 0.304 e. The van der Waals surface area contributed by atoms with Crippen molar-refractivity contribution in [3.8, 4) is 16.5 Å². The van der Waals surface area contributed by atoms with Crippen LogP contribution in [0, 0.1) is 0 Å². The van der Waals surface area contributed by atoms with Gasteiger partial charge in [-0.3, -0.25) is 4.79 Å². The van der Waals surface area contributed by atoms with Gasteiger partial charge in [0.25, 0.3) is 0 Å². The van der Waals surface area contributed by atoms with E-state index in [0.717, 1.165) is 52.0 Å². The number of nitrogens with one attached hydrogen (secondary N) is 1. The molecule has 9 heteroatoms. The second kappa shape index (κ2) is 10.9. The smallest absolute Gasteiger partial charge is 0.304 e. The van der Waals surface area contributed by atoms with Gasteiger partial charge in [0, 0.05) is 54.3 Å². The highest BCUT2D eigenvalue weighted by molar-refractivity contribution is 7.15. The first-order valence-electron chi connectivity index (χ1n) is 12.2. The molecule has 0 aliphatic carbocycles. The van der Waals surface area contributed by atoms with E-state index in [1.165, 1.54) is 16.9 Å². The molecule has 4 aromatic rings. The summed E-state index contributed by atoms with van der Waals surface area (Å²) >= 11 is 1.54. The zero-order chi connectivity index (χ0) is 24.9. The van der Waals surface area contributed by atoms with Crippen molar-refractivity contribution in [2.75, 3.05) is 18.5 Å². The number of aliphatic carboxylic acids is 1. The van der Waals surface area contributed by atoms with Crippen molar-refractivity contribution in [3.05, 3.63) is 76.6 Å². The number of nitrogens with zero attached hydrogens (tertiary/aromatic N) is 4. The summed E-state index contributed by atoms with van der Waals surface area (Å²) in [5.41, 5.74) is 4.09. The van der Waals surface area contributed by atoms with E-state index in [-0.39, 0.29) is 12.3 Å². The van der Waals surface area contributed by atoms with Crippen molar-refractivity contribution in [1.82, 2.24) is 19.7 Å². The fourth-order valence-corrected chi connectivity index (χ4v) is 5.46. The summed E-state index contributed by atoms with van der Waals surface area (Å²) in [6, 6.07) is 16.0. The molecule has 3 aromatic heterocycles. The van der Waals surface area contributed by atoms with Crippen molar-refractivity contribution in [1.29, 1.82) is 0 Å². The molecule has 8 nitrogen and oxygen atoms in total. The fourth-order valence-electron chi connectivity index (χ4n) is 4.44. The van der Waals surface area contributed by atoms with Crippen LogP contribution in [0.25, 0.3) is 10.6 Å². The number of ether oxygens (including phenoxy) is 1. The molecular formula is C27H29N5O3S. The fraction of sp³-hybridized carbons (Fsp3) is 0.333. The molecule has 0 radical (unpaired) electrons. The van der Waals surface area contributed by atoms with Crippen LogP contribution in [0.4, 0.5) is 5.82 Å². The number of carboxylic acid groups (broad SMARTS) is 1. The predicted octanol–water partition coefficient (Wildman–Crippen LogP) is 4.72. The monoisotopic (exact) mass is 503 g/mol. The molecule has 36 heavy (non-hydrogen) atoms. The quantitative estimate of drug-likeness (QED) is 0.323. The van der Waals surface area contributed by atoms with E-state index in [4.69, 9.17) is 9.72 Å². The number of anilines is 1. The summed E-state index contributed by atoms with van der Waals surface area (Å²) in [6.07, 6.45) is 5.22. The van der Waals surface area contributed by atoms with Gasteiger partial charge < -0.3 is 15.2 Å². The molecule has 0 saturated carbocycles. The number of aryl methyl sites for hydroxylation is 2. The van der Waals surface area contributed by atoms with Gasteiger partial charge in [-0.15, -0.1) is 11.3 Å². The Morgan fingerprint density at radius 1 is 1.22 bits per heavy atom. The first-order valence-corrected chi connectivity index (χ1v) is 13.0. The van der Waals surface area contributed by atoms with Gasteiger partial charge in [-0.25, -0.2) is 14.6 Å². The van der Waals surface area contributed by atoms with Crippen LogP contribution in [-0.4, -0.2) is 44.0 Å². The van der Waals surface area contributed by atoms with Crippen LogP contribution in [0.3, 0.4) is 0 Å². The standard InChI is InChI=1S/C27H29N5O3S/c1-32-24(35-13-11-21-10-9-18-8-5-12-28-26(18)30-21)16-22(31-32)14-20(15-25(33)34)23-17-29-27(36-23)19-6-3-2-4-7-19/h2-4,6-7,9-10,16-17,20H,5,8,11-15H2,1H3,(H,28,30)(H,33,34). The third-order valence-electron chi connectivity index (χ3n) is 6.27. The maximum absolute atomic E-state index is 11.6. The Balaban J connectivity index is 1.23. The molecule has 1 aliphatic heterocycles. The lowest BCUT2D eigenvalue weighted by Crippen LogP contribution is -2.14. The first-order chi connectivity index (χ1) is 17.5. The van der Waals surface area contributed by atoms with Crippen LogP contribution < -0.4 is 10.1 Å². The number of rotatable bonds is 10. The molecule has 1 unspecified atom stereocenters. The highest BCUT2D eigenvalue weighted by atomic mass is 32.1. The van der Waals surface area contributed by atoms with Crippen LogP contribution in [0.15, 0.2) is 54.7 Å². The molecular weight excluding hydrogens is 474 g/mol. The number of carbonyl (C=O) groups is 1. The number of pyridine rings is 1. The van der Waals surface area contributed by atoms with E-state index in [1.54, 1.807) is 10.9 Å². The van der Waals surface area contributed by atoms with Crippen molar-refractivity contribution in [2.24, 2.45) is 7.05 Å². The van der Waals surface area contributed by atoms with Crippen LogP contribution in [0.5, 0.6) is 5.88 Å². The molecule has 0 spiro atoms. The number of fused-ring (bicyclic) bond motifs is 1. The number of benzene rings is 1. The maximum atomic E-state index is 11.6. The second-order valence-electron chi connectivity index (χ2n) is 8.97. The summed E-state index contributed by atoms with van der Waals surface area (Å²) in [5, 5.41) is 18.4. The lowest BCUT2D eigenvalue weighted by Gasteiger charge is -2.17. The van der Waals surface area contributed by atoms with Crippen molar-refractivity contribution in [3.63, 3.8) is 0 Å². The molecule has 0 fully saturated rings. The summed E-state index contributed by atoms with van der Waals surface area (Å²) < 4.78 is 7.72.